The van der Waals surface area contributed by atoms with E-state index in [1.54, 1.807) is 0 Å². The first-order valence-corrected chi connectivity index (χ1v) is 6.47. The van der Waals surface area contributed by atoms with Crippen LogP contribution < -0.4 is 11.1 Å². The van der Waals surface area contributed by atoms with E-state index in [0.29, 0.717) is 0 Å². The smallest absolute Gasteiger partial charge is 0.348 e. The second-order valence-corrected chi connectivity index (χ2v) is 4.76. The Morgan fingerprint density at radius 3 is 2.57 bits per heavy atom. The molecule has 120 valence electrons. The van der Waals surface area contributed by atoms with Crippen molar-refractivity contribution in [2.45, 2.75) is 13.8 Å². The zero-order valence-electron chi connectivity index (χ0n) is 11.9. The van der Waals surface area contributed by atoms with Gasteiger partial charge in [0, 0.05) is 0 Å². The predicted octanol–water partition coefficient (Wildman–Crippen LogP) is 1.98. The number of nitrogens with zero attached hydrogens (tertiary/aromatic N) is 3. The van der Waals surface area contributed by atoms with Crippen molar-refractivity contribution in [1.82, 2.24) is 9.97 Å². The van der Waals surface area contributed by atoms with Gasteiger partial charge in [-0.15, -0.1) is 0 Å². The van der Waals surface area contributed by atoms with Crippen molar-refractivity contribution in [3.05, 3.63) is 38.5 Å². The van der Waals surface area contributed by atoms with E-state index in [1.807, 2.05) is 0 Å². The van der Waals surface area contributed by atoms with Crippen molar-refractivity contribution in [3.8, 4) is 0 Å². The quantitative estimate of drug-likeness (QED) is 0.362. The Morgan fingerprint density at radius 2 is 2.04 bits per heavy atom. The molecular weight excluding hydrogens is 330 g/mol. The number of furan rings is 1. The highest BCUT2D eigenvalue weighted by Crippen LogP contribution is 2.34. The molecular formula is C12H10ClN5O5. The molecule has 0 aliphatic carbocycles. The molecule has 0 saturated carbocycles. The lowest BCUT2D eigenvalue weighted by Crippen LogP contribution is -2.16. The molecule has 2 heterocycles. The van der Waals surface area contributed by atoms with Gasteiger partial charge < -0.3 is 15.5 Å². The summed E-state index contributed by atoms with van der Waals surface area (Å²) in [7, 11) is 0. The maximum atomic E-state index is 11.6. The van der Waals surface area contributed by atoms with Gasteiger partial charge in [0.15, 0.2) is 5.78 Å². The normalized spacial score (nSPS) is 10.4. The molecule has 0 spiro atoms. The van der Waals surface area contributed by atoms with Gasteiger partial charge in [-0.3, -0.25) is 19.7 Å². The summed E-state index contributed by atoms with van der Waals surface area (Å²) in [6.07, 6.45) is 0.989. The van der Waals surface area contributed by atoms with Gasteiger partial charge >= 0.3 is 5.69 Å². The van der Waals surface area contributed by atoms with E-state index >= 15 is 0 Å². The van der Waals surface area contributed by atoms with Crippen LogP contribution >= 0.6 is 11.6 Å². The summed E-state index contributed by atoms with van der Waals surface area (Å²) in [5.74, 6) is -1.78. The Balaban J connectivity index is 2.61. The lowest BCUT2D eigenvalue weighted by molar-refractivity contribution is -0.384. The van der Waals surface area contributed by atoms with Crippen LogP contribution in [0, 0.1) is 17.0 Å². The van der Waals surface area contributed by atoms with E-state index in [-0.39, 0.29) is 28.6 Å². The molecule has 0 aromatic carbocycles. The van der Waals surface area contributed by atoms with Crippen LogP contribution in [0.25, 0.3) is 0 Å². The molecule has 0 saturated heterocycles. The van der Waals surface area contributed by atoms with Crippen LogP contribution in [0.15, 0.2) is 10.7 Å². The van der Waals surface area contributed by atoms with Crippen LogP contribution in [0.5, 0.6) is 0 Å². The molecule has 10 nitrogen and oxygen atoms in total. The zero-order chi connectivity index (χ0) is 17.3. The molecule has 0 aliphatic rings. The fourth-order valence-electron chi connectivity index (χ4n) is 2.01. The standard InChI is InChI=1S/C12H10ClN5O5/c1-4(19)6-5(2)23-12(7(6)10(14)20)17-11-8(18(21)22)9(13)15-3-16-11/h3H,1-2H3,(H2,14,20)(H,15,16,17). The van der Waals surface area contributed by atoms with Gasteiger partial charge in [-0.25, -0.2) is 9.97 Å². The fraction of sp³-hybridized carbons (Fsp3) is 0.167. The summed E-state index contributed by atoms with van der Waals surface area (Å²) < 4.78 is 5.29. The summed E-state index contributed by atoms with van der Waals surface area (Å²) in [6.45, 7) is 2.69. The van der Waals surface area contributed by atoms with Crippen LogP contribution in [0.3, 0.4) is 0 Å². The maximum absolute atomic E-state index is 11.6. The van der Waals surface area contributed by atoms with E-state index in [1.165, 1.54) is 13.8 Å². The molecule has 0 unspecified atom stereocenters. The number of primary amides is 1. The minimum atomic E-state index is -0.933. The number of rotatable bonds is 5. The summed E-state index contributed by atoms with van der Waals surface area (Å²) >= 11 is 5.67. The van der Waals surface area contributed by atoms with Crippen LogP contribution in [0.1, 0.15) is 33.4 Å². The van der Waals surface area contributed by atoms with Gasteiger partial charge in [-0.05, 0) is 13.8 Å². The van der Waals surface area contributed by atoms with Crippen LogP contribution in [0.2, 0.25) is 5.15 Å². The van der Waals surface area contributed by atoms with Gasteiger partial charge in [0.05, 0.1) is 10.5 Å². The lowest BCUT2D eigenvalue weighted by atomic mass is 10.1. The number of hydrogen-bond acceptors (Lipinski definition) is 8. The van der Waals surface area contributed by atoms with Crippen molar-refractivity contribution in [2.75, 3.05) is 5.32 Å². The van der Waals surface area contributed by atoms with E-state index in [4.69, 9.17) is 21.8 Å². The highest BCUT2D eigenvalue weighted by molar-refractivity contribution is 6.31. The van der Waals surface area contributed by atoms with E-state index in [2.05, 4.69) is 15.3 Å². The first-order valence-electron chi connectivity index (χ1n) is 6.10. The summed E-state index contributed by atoms with van der Waals surface area (Å²) in [5.41, 5.74) is 4.42. The van der Waals surface area contributed by atoms with Crippen molar-refractivity contribution in [1.29, 1.82) is 0 Å². The minimum Gasteiger partial charge on any atom is -0.444 e. The Kier molecular flexibility index (Phi) is 4.27. The molecule has 2 aromatic heterocycles. The van der Waals surface area contributed by atoms with Crippen molar-refractivity contribution < 1.29 is 18.9 Å². The third kappa shape index (κ3) is 2.97. The Morgan fingerprint density at radius 1 is 1.39 bits per heavy atom. The highest BCUT2D eigenvalue weighted by Gasteiger charge is 2.28. The predicted molar refractivity (Wildman–Crippen MR) is 78.9 cm³/mol. The van der Waals surface area contributed by atoms with E-state index in [0.717, 1.165) is 6.33 Å². The maximum Gasteiger partial charge on any atom is 0.348 e. The molecule has 2 rings (SSSR count). The monoisotopic (exact) mass is 339 g/mol. The molecule has 0 aliphatic heterocycles. The molecule has 0 radical (unpaired) electrons. The van der Waals surface area contributed by atoms with Crippen molar-refractivity contribution in [2.24, 2.45) is 5.73 Å². The number of nitro groups is 1. The number of aromatic nitrogens is 2. The first-order chi connectivity index (χ1) is 10.7. The molecule has 11 heteroatoms. The van der Waals surface area contributed by atoms with E-state index in [9.17, 15) is 19.7 Å². The summed E-state index contributed by atoms with van der Waals surface area (Å²) in [4.78, 5) is 40.7. The van der Waals surface area contributed by atoms with Crippen molar-refractivity contribution in [3.63, 3.8) is 0 Å². The molecule has 1 amide bonds. The minimum absolute atomic E-state index is 0.0113. The van der Waals surface area contributed by atoms with E-state index < -0.39 is 27.5 Å². The van der Waals surface area contributed by atoms with Crippen LogP contribution in [-0.4, -0.2) is 26.6 Å². The average molecular weight is 340 g/mol. The Labute approximate surface area is 133 Å². The number of ketones is 1. The average Bonchev–Trinajstić information content (AvgIpc) is 2.75. The van der Waals surface area contributed by atoms with Crippen LogP contribution in [0.4, 0.5) is 17.4 Å². The highest BCUT2D eigenvalue weighted by atomic mass is 35.5. The summed E-state index contributed by atoms with van der Waals surface area (Å²) in [5, 5.41) is 13.1. The number of aryl methyl sites for hydroxylation is 1. The topological polar surface area (TPSA) is 154 Å². The van der Waals surface area contributed by atoms with Gasteiger partial charge in [-0.1, -0.05) is 11.6 Å². The molecule has 23 heavy (non-hydrogen) atoms. The fourth-order valence-corrected chi connectivity index (χ4v) is 2.21. The molecule has 3 N–H and O–H groups in total. The van der Waals surface area contributed by atoms with Crippen LogP contribution in [-0.2, 0) is 0 Å². The number of nitrogens with one attached hydrogen (secondary N) is 1. The number of halogens is 1. The Hall–Kier alpha value is -3.01. The number of nitrogens with two attached hydrogens (primary N) is 1. The molecule has 0 fully saturated rings. The lowest BCUT2D eigenvalue weighted by Gasteiger charge is -2.05. The Bertz CT molecular complexity index is 831. The van der Waals surface area contributed by atoms with Gasteiger partial charge in [0.2, 0.25) is 16.9 Å². The first kappa shape index (κ1) is 16.4. The second kappa shape index (κ2) is 6.01. The third-order valence-electron chi connectivity index (χ3n) is 2.87. The van der Waals surface area contributed by atoms with Gasteiger partial charge in [0.25, 0.3) is 5.91 Å². The number of hydrogen-bond donors (Lipinski definition) is 2. The molecule has 0 bridgehead atoms. The number of amides is 1. The number of carbonyl (C=O) groups excluding carboxylic acids is 2. The number of Topliss-reactive ketones (excluding diaryl/α,β-unsaturated/α-hetero) is 1. The second-order valence-electron chi connectivity index (χ2n) is 4.40. The zero-order valence-corrected chi connectivity index (χ0v) is 12.7. The molecule has 2 aromatic rings. The number of anilines is 2. The van der Waals surface area contributed by atoms with Gasteiger partial charge in [0.1, 0.15) is 17.7 Å². The largest absolute Gasteiger partial charge is 0.444 e. The number of carbonyl (C=O) groups is 2. The third-order valence-corrected chi connectivity index (χ3v) is 3.15. The van der Waals surface area contributed by atoms with Gasteiger partial charge in [-0.2, -0.15) is 0 Å². The summed E-state index contributed by atoms with van der Waals surface area (Å²) in [6, 6.07) is 0. The van der Waals surface area contributed by atoms with Crippen molar-refractivity contribution >= 4 is 40.7 Å². The SMILES string of the molecule is CC(=O)c1c(C)oc(Nc2ncnc(Cl)c2[N+](=O)[O-])c1C(N)=O. The molecule has 0 atom stereocenters.